The van der Waals surface area contributed by atoms with Gasteiger partial charge in [-0.05, 0) is 34.5 Å². The number of hydrogen-bond donors (Lipinski definition) is 1. The van der Waals surface area contributed by atoms with Crippen molar-refractivity contribution in [3.63, 3.8) is 0 Å². The number of unbranched alkanes of at least 4 members (excludes halogenated alkanes) is 1. The van der Waals surface area contributed by atoms with Crippen molar-refractivity contribution in [1.29, 1.82) is 0 Å². The van der Waals surface area contributed by atoms with Gasteiger partial charge in [0.25, 0.3) is 0 Å². The molecule has 0 radical (unpaired) electrons. The molecule has 0 bridgehead atoms. The first-order valence-electron chi connectivity index (χ1n) is 7.23. The lowest BCUT2D eigenvalue weighted by Gasteiger charge is -2.35. The Hall–Kier alpha value is 0.0600. The van der Waals surface area contributed by atoms with E-state index in [4.69, 9.17) is 0 Å². The molecule has 0 amide bonds. The minimum absolute atomic E-state index is 0. The molecule has 1 saturated heterocycles. The SMILES string of the molecule is CCCC[C@@H](c1c(F)ccc(Br)c1F)N1CCNCC1.Cl.Cl. The Morgan fingerprint density at radius 1 is 1.23 bits per heavy atom. The summed E-state index contributed by atoms with van der Waals surface area (Å²) in [6, 6.07) is 2.61. The van der Waals surface area contributed by atoms with Crippen LogP contribution >= 0.6 is 40.7 Å². The van der Waals surface area contributed by atoms with Crippen molar-refractivity contribution in [2.75, 3.05) is 26.2 Å². The Morgan fingerprint density at radius 3 is 2.45 bits per heavy atom. The first kappa shape index (κ1) is 22.1. The van der Waals surface area contributed by atoms with Gasteiger partial charge in [0, 0.05) is 37.8 Å². The Bertz CT molecular complexity index is 457. The second kappa shape index (κ2) is 10.8. The van der Waals surface area contributed by atoms with Crippen LogP contribution in [-0.4, -0.2) is 31.1 Å². The first-order valence-corrected chi connectivity index (χ1v) is 8.02. The molecule has 1 heterocycles. The van der Waals surface area contributed by atoms with Crippen LogP contribution in [0.1, 0.15) is 37.8 Å². The van der Waals surface area contributed by atoms with Crippen LogP contribution < -0.4 is 5.32 Å². The standard InChI is InChI=1S/C15H21BrF2N2.2ClH/c1-2-3-4-13(20-9-7-19-8-10-20)14-12(17)6-5-11(16)15(14)18;;/h5-6,13,19H,2-4,7-10H2,1H3;2*1H/t13-;;/m0../s1. The quantitative estimate of drug-likeness (QED) is 0.695. The summed E-state index contributed by atoms with van der Waals surface area (Å²) in [7, 11) is 0. The van der Waals surface area contributed by atoms with Gasteiger partial charge in [0.2, 0.25) is 0 Å². The highest BCUT2D eigenvalue weighted by Gasteiger charge is 2.27. The predicted molar refractivity (Wildman–Crippen MR) is 95.3 cm³/mol. The Balaban J connectivity index is 0.00000220. The normalized spacial score (nSPS) is 16.5. The van der Waals surface area contributed by atoms with Gasteiger partial charge < -0.3 is 5.32 Å². The van der Waals surface area contributed by atoms with Gasteiger partial charge in [-0.3, -0.25) is 4.90 Å². The molecule has 0 aromatic heterocycles. The second-order valence-electron chi connectivity index (χ2n) is 5.20. The van der Waals surface area contributed by atoms with Gasteiger partial charge in [0.05, 0.1) is 4.47 Å². The summed E-state index contributed by atoms with van der Waals surface area (Å²) in [6.07, 6.45) is 2.79. The molecular formula is C15H23BrCl2F2N2. The molecule has 1 fully saturated rings. The lowest BCUT2D eigenvalue weighted by atomic mass is 9.97. The summed E-state index contributed by atoms with van der Waals surface area (Å²) in [5.41, 5.74) is 0.217. The number of hydrogen-bond acceptors (Lipinski definition) is 2. The van der Waals surface area contributed by atoms with E-state index in [1.54, 1.807) is 0 Å². The zero-order chi connectivity index (χ0) is 14.5. The maximum absolute atomic E-state index is 14.4. The summed E-state index contributed by atoms with van der Waals surface area (Å²) in [5, 5.41) is 3.28. The highest BCUT2D eigenvalue weighted by Crippen LogP contribution is 2.33. The molecule has 0 spiro atoms. The number of nitrogens with zero attached hydrogens (tertiary/aromatic N) is 1. The van der Waals surface area contributed by atoms with Gasteiger partial charge >= 0.3 is 0 Å². The second-order valence-corrected chi connectivity index (χ2v) is 6.06. The van der Waals surface area contributed by atoms with Crippen LogP contribution in [0, 0.1) is 11.6 Å². The molecule has 1 aromatic rings. The molecule has 2 nitrogen and oxygen atoms in total. The molecule has 22 heavy (non-hydrogen) atoms. The van der Waals surface area contributed by atoms with Crippen LogP contribution in [0.2, 0.25) is 0 Å². The van der Waals surface area contributed by atoms with Crippen molar-refractivity contribution in [2.45, 2.75) is 32.2 Å². The molecule has 1 atom stereocenters. The minimum atomic E-state index is -0.454. The van der Waals surface area contributed by atoms with Crippen LogP contribution in [0.5, 0.6) is 0 Å². The van der Waals surface area contributed by atoms with E-state index >= 15 is 0 Å². The maximum atomic E-state index is 14.4. The maximum Gasteiger partial charge on any atom is 0.145 e. The molecule has 0 saturated carbocycles. The summed E-state index contributed by atoms with van der Waals surface area (Å²) in [5.74, 6) is -0.894. The third-order valence-corrected chi connectivity index (χ3v) is 4.45. The summed E-state index contributed by atoms with van der Waals surface area (Å²) < 4.78 is 28.9. The average molecular weight is 420 g/mol. The van der Waals surface area contributed by atoms with Gasteiger partial charge in [-0.2, -0.15) is 0 Å². The molecule has 1 N–H and O–H groups in total. The lowest BCUT2D eigenvalue weighted by Crippen LogP contribution is -2.45. The van der Waals surface area contributed by atoms with E-state index in [0.29, 0.717) is 4.47 Å². The fourth-order valence-electron chi connectivity index (χ4n) is 2.75. The van der Waals surface area contributed by atoms with Crippen LogP contribution in [0.25, 0.3) is 0 Å². The number of rotatable bonds is 5. The highest BCUT2D eigenvalue weighted by atomic mass is 79.9. The monoisotopic (exact) mass is 418 g/mol. The third-order valence-electron chi connectivity index (χ3n) is 3.84. The Kier molecular flexibility index (Phi) is 10.8. The number of benzene rings is 1. The molecule has 1 aliphatic heterocycles. The van der Waals surface area contributed by atoms with Crippen molar-refractivity contribution in [2.24, 2.45) is 0 Å². The predicted octanol–water partition coefficient (Wildman–Crippen LogP) is 4.71. The minimum Gasteiger partial charge on any atom is -0.314 e. The Morgan fingerprint density at radius 2 is 1.86 bits per heavy atom. The van der Waals surface area contributed by atoms with E-state index in [1.807, 2.05) is 0 Å². The first-order chi connectivity index (χ1) is 9.65. The van der Waals surface area contributed by atoms with Crippen molar-refractivity contribution >= 4 is 40.7 Å². The van der Waals surface area contributed by atoms with E-state index in [-0.39, 0.29) is 36.4 Å². The van der Waals surface area contributed by atoms with E-state index < -0.39 is 11.6 Å². The molecular weight excluding hydrogens is 397 g/mol. The number of piperazine rings is 1. The summed E-state index contributed by atoms with van der Waals surface area (Å²) >= 11 is 3.17. The van der Waals surface area contributed by atoms with E-state index in [1.165, 1.54) is 12.1 Å². The fraction of sp³-hybridized carbons (Fsp3) is 0.600. The molecule has 1 aromatic carbocycles. The average Bonchev–Trinajstić information content (AvgIpc) is 2.47. The molecule has 0 aliphatic carbocycles. The zero-order valence-corrected chi connectivity index (χ0v) is 15.8. The lowest BCUT2D eigenvalue weighted by molar-refractivity contribution is 0.156. The van der Waals surface area contributed by atoms with Crippen molar-refractivity contribution in [3.8, 4) is 0 Å². The van der Waals surface area contributed by atoms with Crippen LogP contribution in [0.15, 0.2) is 16.6 Å². The largest absolute Gasteiger partial charge is 0.314 e. The van der Waals surface area contributed by atoms with Crippen molar-refractivity contribution in [3.05, 3.63) is 33.8 Å². The van der Waals surface area contributed by atoms with Gasteiger partial charge in [-0.25, -0.2) is 8.78 Å². The van der Waals surface area contributed by atoms with Gasteiger partial charge in [0.15, 0.2) is 0 Å². The number of halogens is 5. The van der Waals surface area contributed by atoms with Crippen LogP contribution in [0.4, 0.5) is 8.78 Å². The third kappa shape index (κ3) is 5.31. The van der Waals surface area contributed by atoms with E-state index in [9.17, 15) is 8.78 Å². The summed E-state index contributed by atoms with van der Waals surface area (Å²) in [4.78, 5) is 2.19. The van der Waals surface area contributed by atoms with Crippen molar-refractivity contribution < 1.29 is 8.78 Å². The molecule has 7 heteroatoms. The van der Waals surface area contributed by atoms with Gasteiger partial charge in [0.1, 0.15) is 11.6 Å². The number of nitrogens with one attached hydrogen (secondary N) is 1. The van der Waals surface area contributed by atoms with Gasteiger partial charge in [-0.15, -0.1) is 24.8 Å². The molecule has 1 aliphatic rings. The topological polar surface area (TPSA) is 15.3 Å². The van der Waals surface area contributed by atoms with Crippen LogP contribution in [0.3, 0.4) is 0 Å². The van der Waals surface area contributed by atoms with E-state index in [0.717, 1.165) is 45.4 Å². The molecule has 0 unspecified atom stereocenters. The van der Waals surface area contributed by atoms with Crippen molar-refractivity contribution in [1.82, 2.24) is 10.2 Å². The van der Waals surface area contributed by atoms with Crippen LogP contribution in [-0.2, 0) is 0 Å². The summed E-state index contributed by atoms with van der Waals surface area (Å²) in [6.45, 7) is 5.52. The smallest absolute Gasteiger partial charge is 0.145 e. The zero-order valence-electron chi connectivity index (χ0n) is 12.6. The fourth-order valence-corrected chi connectivity index (χ4v) is 3.09. The molecule has 2 rings (SSSR count). The highest BCUT2D eigenvalue weighted by molar-refractivity contribution is 9.10. The Labute approximate surface area is 152 Å². The molecule has 128 valence electrons. The van der Waals surface area contributed by atoms with E-state index in [2.05, 4.69) is 33.1 Å². The van der Waals surface area contributed by atoms with Gasteiger partial charge in [-0.1, -0.05) is 19.8 Å².